The zero-order valence-corrected chi connectivity index (χ0v) is 15.9. The molecule has 6 heteroatoms. The molecule has 0 spiro atoms. The van der Waals surface area contributed by atoms with Crippen LogP contribution in [0.4, 0.5) is 0 Å². The third kappa shape index (κ3) is 4.30. The van der Waals surface area contributed by atoms with Gasteiger partial charge in [-0.1, -0.05) is 13.0 Å². The number of hydrogen-bond donors (Lipinski definition) is 0. The maximum atomic E-state index is 12.7. The summed E-state index contributed by atoms with van der Waals surface area (Å²) in [4.78, 5) is 18.8. The van der Waals surface area contributed by atoms with E-state index in [9.17, 15) is 4.79 Å². The monoisotopic (exact) mass is 356 g/mol. The third-order valence-electron chi connectivity index (χ3n) is 5.11. The number of aryl methyl sites for hydroxylation is 1. The van der Waals surface area contributed by atoms with Crippen LogP contribution in [0.15, 0.2) is 24.5 Å². The van der Waals surface area contributed by atoms with Crippen LogP contribution in [0, 0.1) is 13.8 Å². The molecule has 0 unspecified atom stereocenters. The van der Waals surface area contributed by atoms with E-state index in [4.69, 9.17) is 4.74 Å². The molecule has 1 aliphatic rings. The molecule has 1 fully saturated rings. The largest absolute Gasteiger partial charge is 0.372 e. The first-order valence-corrected chi connectivity index (χ1v) is 9.39. The number of aromatic nitrogens is 3. The minimum atomic E-state index is 0.0829. The zero-order chi connectivity index (χ0) is 18.5. The summed E-state index contributed by atoms with van der Waals surface area (Å²) in [5.74, 6) is 0.118. The molecule has 26 heavy (non-hydrogen) atoms. The molecule has 2 aromatic rings. The summed E-state index contributed by atoms with van der Waals surface area (Å²) in [5, 5.41) is 4.54. The van der Waals surface area contributed by atoms with Crippen molar-refractivity contribution in [1.82, 2.24) is 19.7 Å². The highest BCUT2D eigenvalue weighted by molar-refractivity contribution is 5.76. The Morgan fingerprint density at radius 1 is 1.38 bits per heavy atom. The van der Waals surface area contributed by atoms with Crippen LogP contribution >= 0.6 is 0 Å². The maximum absolute atomic E-state index is 12.7. The molecule has 1 amide bonds. The lowest BCUT2D eigenvalue weighted by Gasteiger charge is -2.32. The number of hydrogen-bond acceptors (Lipinski definition) is 4. The standard InChI is InChI=1S/C20H28N4O2/c1-4-19-15(2)22-24(16(19)3)13-20(25)23-10-6-8-18(12-23)26-14-17-7-5-9-21-11-17/h5,7,9,11,18H,4,6,8,10,12-14H2,1-3H3/t18-/m0/s1. The number of carbonyl (C=O) groups is 1. The maximum Gasteiger partial charge on any atom is 0.244 e. The molecule has 0 radical (unpaired) electrons. The van der Waals surface area contributed by atoms with Crippen molar-refractivity contribution in [3.05, 3.63) is 47.0 Å². The first-order valence-electron chi connectivity index (χ1n) is 9.39. The van der Waals surface area contributed by atoms with Crippen molar-refractivity contribution < 1.29 is 9.53 Å². The molecule has 6 nitrogen and oxygen atoms in total. The average Bonchev–Trinajstić information content (AvgIpc) is 2.93. The molecule has 0 aliphatic carbocycles. The number of amides is 1. The van der Waals surface area contributed by atoms with Crippen molar-refractivity contribution in [3.8, 4) is 0 Å². The van der Waals surface area contributed by atoms with Crippen LogP contribution in [0.5, 0.6) is 0 Å². The Labute approximate surface area is 155 Å². The second-order valence-corrected chi connectivity index (χ2v) is 6.94. The molecule has 0 saturated carbocycles. The van der Waals surface area contributed by atoms with E-state index in [1.165, 1.54) is 5.56 Å². The van der Waals surface area contributed by atoms with Gasteiger partial charge in [-0.25, -0.2) is 0 Å². The molecule has 1 aliphatic heterocycles. The summed E-state index contributed by atoms with van der Waals surface area (Å²) in [6.07, 6.45) is 6.57. The smallest absolute Gasteiger partial charge is 0.244 e. The Hall–Kier alpha value is -2.21. The van der Waals surface area contributed by atoms with E-state index in [1.807, 2.05) is 41.8 Å². The van der Waals surface area contributed by atoms with Gasteiger partial charge >= 0.3 is 0 Å². The number of ether oxygens (including phenoxy) is 1. The topological polar surface area (TPSA) is 60.2 Å². The highest BCUT2D eigenvalue weighted by Crippen LogP contribution is 2.17. The van der Waals surface area contributed by atoms with Crippen molar-refractivity contribution in [2.75, 3.05) is 13.1 Å². The fraction of sp³-hybridized carbons (Fsp3) is 0.550. The Balaban J connectivity index is 1.56. The normalized spacial score (nSPS) is 17.5. The van der Waals surface area contributed by atoms with Gasteiger partial charge in [-0.3, -0.25) is 14.5 Å². The Morgan fingerprint density at radius 3 is 2.92 bits per heavy atom. The van der Waals surface area contributed by atoms with Crippen LogP contribution in [0.3, 0.4) is 0 Å². The quantitative estimate of drug-likeness (QED) is 0.798. The second-order valence-electron chi connectivity index (χ2n) is 6.94. The molecule has 0 bridgehead atoms. The predicted molar refractivity (Wildman–Crippen MR) is 99.7 cm³/mol. The summed E-state index contributed by atoms with van der Waals surface area (Å²) in [6, 6.07) is 3.92. The number of rotatable bonds is 6. The van der Waals surface area contributed by atoms with Crippen molar-refractivity contribution in [2.45, 2.75) is 59.3 Å². The predicted octanol–water partition coefficient (Wildman–Crippen LogP) is 2.67. The molecule has 0 N–H and O–H groups in total. The van der Waals surface area contributed by atoms with E-state index in [0.29, 0.717) is 19.7 Å². The number of pyridine rings is 1. The molecule has 1 atom stereocenters. The highest BCUT2D eigenvalue weighted by atomic mass is 16.5. The van der Waals surface area contributed by atoms with Crippen molar-refractivity contribution in [2.24, 2.45) is 0 Å². The van der Waals surface area contributed by atoms with Crippen LogP contribution < -0.4 is 0 Å². The van der Waals surface area contributed by atoms with Gasteiger partial charge in [-0.15, -0.1) is 0 Å². The first kappa shape index (κ1) is 18.6. The number of likely N-dealkylation sites (tertiary alicyclic amines) is 1. The lowest BCUT2D eigenvalue weighted by atomic mass is 10.1. The minimum absolute atomic E-state index is 0.0829. The fourth-order valence-electron chi connectivity index (χ4n) is 3.63. The van der Waals surface area contributed by atoms with Gasteiger partial charge in [0.05, 0.1) is 18.4 Å². The van der Waals surface area contributed by atoms with Crippen molar-refractivity contribution in [3.63, 3.8) is 0 Å². The van der Waals surface area contributed by atoms with Gasteiger partial charge in [0, 0.05) is 31.2 Å². The second kappa shape index (κ2) is 8.45. The summed E-state index contributed by atoms with van der Waals surface area (Å²) >= 11 is 0. The molecule has 2 aromatic heterocycles. The molecule has 140 valence electrons. The van der Waals surface area contributed by atoms with E-state index in [0.717, 1.165) is 42.8 Å². The van der Waals surface area contributed by atoms with Crippen LogP contribution in [-0.2, 0) is 29.1 Å². The van der Waals surface area contributed by atoms with Crippen molar-refractivity contribution in [1.29, 1.82) is 0 Å². The molecular formula is C20H28N4O2. The average molecular weight is 356 g/mol. The van der Waals surface area contributed by atoms with E-state index in [1.54, 1.807) is 6.20 Å². The van der Waals surface area contributed by atoms with Crippen molar-refractivity contribution >= 4 is 5.91 Å². The number of carbonyl (C=O) groups excluding carboxylic acids is 1. The van der Waals surface area contributed by atoms with Gasteiger partial charge in [0.1, 0.15) is 6.54 Å². The lowest BCUT2D eigenvalue weighted by Crippen LogP contribution is -2.44. The summed E-state index contributed by atoms with van der Waals surface area (Å²) in [6.45, 7) is 8.47. The summed E-state index contributed by atoms with van der Waals surface area (Å²) in [5.41, 5.74) is 4.42. The van der Waals surface area contributed by atoms with E-state index < -0.39 is 0 Å². The van der Waals surface area contributed by atoms with Gasteiger partial charge in [-0.05, 0) is 50.3 Å². The van der Waals surface area contributed by atoms with Crippen LogP contribution in [0.25, 0.3) is 0 Å². The van der Waals surface area contributed by atoms with Crippen LogP contribution in [0.1, 0.15) is 42.3 Å². The minimum Gasteiger partial charge on any atom is -0.372 e. The number of piperidine rings is 1. The van der Waals surface area contributed by atoms with Gasteiger partial charge < -0.3 is 9.64 Å². The van der Waals surface area contributed by atoms with Gasteiger partial charge in [0.25, 0.3) is 0 Å². The molecule has 3 heterocycles. The highest BCUT2D eigenvalue weighted by Gasteiger charge is 2.25. The SMILES string of the molecule is CCc1c(C)nn(CC(=O)N2CCC[C@H](OCc3cccnc3)C2)c1C. The Kier molecular flexibility index (Phi) is 6.04. The fourth-order valence-corrected chi connectivity index (χ4v) is 3.63. The van der Waals surface area contributed by atoms with Gasteiger partial charge in [0.15, 0.2) is 0 Å². The molecule has 1 saturated heterocycles. The van der Waals surface area contributed by atoms with Gasteiger partial charge in [0.2, 0.25) is 5.91 Å². The van der Waals surface area contributed by atoms with E-state index >= 15 is 0 Å². The lowest BCUT2D eigenvalue weighted by molar-refractivity contribution is -0.136. The first-order chi connectivity index (χ1) is 12.6. The van der Waals surface area contributed by atoms with Gasteiger partial charge in [-0.2, -0.15) is 5.10 Å². The molecular weight excluding hydrogens is 328 g/mol. The molecule has 3 rings (SSSR count). The number of nitrogens with zero attached hydrogens (tertiary/aromatic N) is 4. The summed E-state index contributed by atoms with van der Waals surface area (Å²) in [7, 11) is 0. The Bertz CT molecular complexity index is 742. The van der Waals surface area contributed by atoms with Crippen LogP contribution in [0.2, 0.25) is 0 Å². The van der Waals surface area contributed by atoms with Crippen LogP contribution in [-0.4, -0.2) is 44.8 Å². The Morgan fingerprint density at radius 2 is 2.23 bits per heavy atom. The molecule has 0 aromatic carbocycles. The van der Waals surface area contributed by atoms with E-state index in [-0.39, 0.29) is 12.0 Å². The van der Waals surface area contributed by atoms with E-state index in [2.05, 4.69) is 17.0 Å². The third-order valence-corrected chi connectivity index (χ3v) is 5.11. The zero-order valence-electron chi connectivity index (χ0n) is 15.9. The summed E-state index contributed by atoms with van der Waals surface area (Å²) < 4.78 is 7.85.